The lowest BCUT2D eigenvalue weighted by atomic mass is 10.4. The Hall–Kier alpha value is -0.530. The number of hydrogen-bond donors (Lipinski definition) is 2. The summed E-state index contributed by atoms with van der Waals surface area (Å²) in [5.41, 5.74) is 5.75. The first-order valence-corrected chi connectivity index (χ1v) is 5.98. The van der Waals surface area contributed by atoms with E-state index in [-0.39, 0.29) is 36.4 Å². The number of rotatable bonds is 6. The van der Waals surface area contributed by atoms with Crippen LogP contribution in [0.5, 0.6) is 0 Å². The lowest BCUT2D eigenvalue weighted by molar-refractivity contribution is -0.119. The van der Waals surface area contributed by atoms with E-state index in [9.17, 15) is 4.79 Å². The number of nitrogens with one attached hydrogen (secondary N) is 1. The summed E-state index contributed by atoms with van der Waals surface area (Å²) < 4.78 is 0. The fourth-order valence-corrected chi connectivity index (χ4v) is 1.44. The smallest absolute Gasteiger partial charge is 0.241 e. The molecule has 0 spiro atoms. The van der Waals surface area contributed by atoms with Crippen molar-refractivity contribution in [2.45, 2.75) is 26.7 Å². The Morgan fingerprint density at radius 3 is 2.47 bits per heavy atom. The maximum absolute atomic E-state index is 11.4. The molecule has 1 amide bonds. The van der Waals surface area contributed by atoms with Gasteiger partial charge in [-0.05, 0) is 32.6 Å². The third kappa shape index (κ3) is 6.70. The molecule has 0 radical (unpaired) electrons. The normalized spacial score (nSPS) is 15.1. The van der Waals surface area contributed by atoms with Crippen molar-refractivity contribution < 1.29 is 4.79 Å². The zero-order valence-electron chi connectivity index (χ0n) is 10.6. The summed E-state index contributed by atoms with van der Waals surface area (Å²) in [5.74, 6) is 1.11. The molecule has 5 nitrogen and oxygen atoms in total. The SMILES string of the molecule is CCN(CC)C(N)=NCC(=O)NCC1CC1.I. The molecule has 0 heterocycles. The maximum Gasteiger partial charge on any atom is 0.241 e. The van der Waals surface area contributed by atoms with Gasteiger partial charge in [0, 0.05) is 19.6 Å². The van der Waals surface area contributed by atoms with Crippen LogP contribution in [0, 0.1) is 5.92 Å². The fraction of sp³-hybridized carbons (Fsp3) is 0.818. The number of halogens is 1. The van der Waals surface area contributed by atoms with Gasteiger partial charge in [-0.2, -0.15) is 0 Å². The molecule has 6 heteroatoms. The van der Waals surface area contributed by atoms with Crippen molar-refractivity contribution in [3.05, 3.63) is 0 Å². The van der Waals surface area contributed by atoms with Crippen LogP contribution >= 0.6 is 24.0 Å². The van der Waals surface area contributed by atoms with Gasteiger partial charge in [0.25, 0.3) is 0 Å². The van der Waals surface area contributed by atoms with Crippen molar-refractivity contribution in [3.63, 3.8) is 0 Å². The second kappa shape index (κ2) is 8.54. The van der Waals surface area contributed by atoms with Crippen LogP contribution in [0.1, 0.15) is 26.7 Å². The summed E-state index contributed by atoms with van der Waals surface area (Å²) in [7, 11) is 0. The monoisotopic (exact) mass is 354 g/mol. The van der Waals surface area contributed by atoms with Gasteiger partial charge in [-0.1, -0.05) is 0 Å². The number of carbonyl (C=O) groups excluding carboxylic acids is 1. The topological polar surface area (TPSA) is 70.7 Å². The first-order chi connectivity index (χ1) is 7.67. The predicted molar refractivity (Wildman–Crippen MR) is 80.6 cm³/mol. The number of guanidine groups is 1. The van der Waals surface area contributed by atoms with Gasteiger partial charge < -0.3 is 16.0 Å². The highest BCUT2D eigenvalue weighted by Crippen LogP contribution is 2.27. The number of nitrogens with zero attached hydrogens (tertiary/aromatic N) is 2. The zero-order valence-corrected chi connectivity index (χ0v) is 12.9. The van der Waals surface area contributed by atoms with Crippen LogP contribution in [-0.4, -0.2) is 42.9 Å². The molecule has 0 unspecified atom stereocenters. The molecule has 100 valence electrons. The molecular formula is C11H23IN4O. The Morgan fingerprint density at radius 1 is 1.41 bits per heavy atom. The lowest BCUT2D eigenvalue weighted by Gasteiger charge is -2.19. The van der Waals surface area contributed by atoms with Crippen LogP contribution in [0.3, 0.4) is 0 Å². The summed E-state index contributed by atoms with van der Waals surface area (Å²) in [6.45, 7) is 6.58. The molecule has 0 saturated heterocycles. The molecule has 0 atom stereocenters. The molecule has 0 aromatic carbocycles. The second-order valence-corrected chi connectivity index (χ2v) is 4.09. The molecule has 17 heavy (non-hydrogen) atoms. The molecule has 0 bridgehead atoms. The summed E-state index contributed by atoms with van der Waals surface area (Å²) in [6, 6.07) is 0. The molecule has 0 aliphatic heterocycles. The van der Waals surface area contributed by atoms with E-state index in [0.717, 1.165) is 19.6 Å². The molecule has 1 aliphatic rings. The third-order valence-electron chi connectivity index (χ3n) is 2.76. The Kier molecular flexibility index (Phi) is 8.28. The van der Waals surface area contributed by atoms with Gasteiger partial charge in [-0.3, -0.25) is 4.79 Å². The van der Waals surface area contributed by atoms with Gasteiger partial charge in [0.15, 0.2) is 5.96 Å². The summed E-state index contributed by atoms with van der Waals surface area (Å²) in [6.07, 6.45) is 2.48. The minimum atomic E-state index is -0.0398. The van der Waals surface area contributed by atoms with Gasteiger partial charge in [-0.25, -0.2) is 4.99 Å². The Morgan fingerprint density at radius 2 is 2.00 bits per heavy atom. The van der Waals surface area contributed by atoms with Crippen molar-refractivity contribution in [1.82, 2.24) is 10.2 Å². The number of nitrogens with two attached hydrogens (primary N) is 1. The molecule has 1 aliphatic carbocycles. The molecule has 1 saturated carbocycles. The van der Waals surface area contributed by atoms with Crippen molar-refractivity contribution in [1.29, 1.82) is 0 Å². The predicted octanol–water partition coefficient (Wildman–Crippen LogP) is 0.787. The van der Waals surface area contributed by atoms with E-state index >= 15 is 0 Å². The van der Waals surface area contributed by atoms with E-state index in [2.05, 4.69) is 10.3 Å². The van der Waals surface area contributed by atoms with E-state index in [4.69, 9.17) is 5.73 Å². The summed E-state index contributed by atoms with van der Waals surface area (Å²) in [5, 5.41) is 2.85. The average Bonchev–Trinajstić information content (AvgIpc) is 3.09. The van der Waals surface area contributed by atoms with Crippen LogP contribution in [0.25, 0.3) is 0 Å². The molecule has 1 rings (SSSR count). The lowest BCUT2D eigenvalue weighted by Crippen LogP contribution is -2.38. The van der Waals surface area contributed by atoms with Gasteiger partial charge in [0.2, 0.25) is 5.91 Å². The Balaban J connectivity index is 0.00000256. The fourth-order valence-electron chi connectivity index (χ4n) is 1.44. The van der Waals surface area contributed by atoms with E-state index in [0.29, 0.717) is 11.9 Å². The minimum absolute atomic E-state index is 0. The Labute approximate surface area is 120 Å². The number of carbonyl (C=O) groups is 1. The van der Waals surface area contributed by atoms with Crippen LogP contribution in [0.2, 0.25) is 0 Å². The van der Waals surface area contributed by atoms with Crippen molar-refractivity contribution >= 4 is 35.8 Å². The van der Waals surface area contributed by atoms with Gasteiger partial charge >= 0.3 is 0 Å². The van der Waals surface area contributed by atoms with Crippen molar-refractivity contribution in [2.24, 2.45) is 16.6 Å². The van der Waals surface area contributed by atoms with Crippen LogP contribution in [0.15, 0.2) is 4.99 Å². The standard InChI is InChI=1S/C11H22N4O.HI/c1-3-15(4-2)11(12)14-8-10(16)13-7-9-5-6-9;/h9H,3-8H2,1-2H3,(H2,12,14)(H,13,16);1H. The first kappa shape index (κ1) is 16.5. The minimum Gasteiger partial charge on any atom is -0.370 e. The number of aliphatic imine (C=N–C) groups is 1. The average molecular weight is 354 g/mol. The summed E-state index contributed by atoms with van der Waals surface area (Å²) >= 11 is 0. The maximum atomic E-state index is 11.4. The molecule has 0 aromatic rings. The molecule has 3 N–H and O–H groups in total. The van der Waals surface area contributed by atoms with Crippen LogP contribution in [0.4, 0.5) is 0 Å². The van der Waals surface area contributed by atoms with Gasteiger partial charge in [-0.15, -0.1) is 24.0 Å². The van der Waals surface area contributed by atoms with Crippen molar-refractivity contribution in [2.75, 3.05) is 26.2 Å². The number of amides is 1. The quantitative estimate of drug-likeness (QED) is 0.421. The van der Waals surface area contributed by atoms with Gasteiger partial charge in [0.05, 0.1) is 0 Å². The van der Waals surface area contributed by atoms with E-state index in [1.807, 2.05) is 18.7 Å². The molecule has 1 fully saturated rings. The van der Waals surface area contributed by atoms with Crippen LogP contribution in [-0.2, 0) is 4.79 Å². The highest BCUT2D eigenvalue weighted by Gasteiger charge is 2.21. The highest BCUT2D eigenvalue weighted by atomic mass is 127. The van der Waals surface area contributed by atoms with Gasteiger partial charge in [0.1, 0.15) is 6.54 Å². The van der Waals surface area contributed by atoms with E-state index in [1.54, 1.807) is 0 Å². The van der Waals surface area contributed by atoms with E-state index in [1.165, 1.54) is 12.8 Å². The third-order valence-corrected chi connectivity index (χ3v) is 2.76. The molecular weight excluding hydrogens is 331 g/mol. The van der Waals surface area contributed by atoms with Crippen molar-refractivity contribution in [3.8, 4) is 0 Å². The largest absolute Gasteiger partial charge is 0.370 e. The second-order valence-electron chi connectivity index (χ2n) is 4.09. The Bertz CT molecular complexity index is 262. The number of hydrogen-bond acceptors (Lipinski definition) is 2. The first-order valence-electron chi connectivity index (χ1n) is 5.98. The zero-order chi connectivity index (χ0) is 12.0. The summed E-state index contributed by atoms with van der Waals surface area (Å²) in [4.78, 5) is 17.4. The van der Waals surface area contributed by atoms with Crippen LogP contribution < -0.4 is 11.1 Å². The molecule has 0 aromatic heterocycles. The van der Waals surface area contributed by atoms with E-state index < -0.39 is 0 Å². The highest BCUT2D eigenvalue weighted by molar-refractivity contribution is 14.0.